The third-order valence-corrected chi connectivity index (χ3v) is 4.68. The van der Waals surface area contributed by atoms with Gasteiger partial charge in [0.1, 0.15) is 5.82 Å². The van der Waals surface area contributed by atoms with E-state index >= 15 is 0 Å². The summed E-state index contributed by atoms with van der Waals surface area (Å²) in [5.41, 5.74) is 4.37. The first-order valence-corrected chi connectivity index (χ1v) is 9.66. The Morgan fingerprint density at radius 1 is 1.23 bits per heavy atom. The van der Waals surface area contributed by atoms with Gasteiger partial charge >= 0.3 is 0 Å². The predicted octanol–water partition coefficient (Wildman–Crippen LogP) is 2.42. The highest BCUT2D eigenvalue weighted by Gasteiger charge is 2.22. The van der Waals surface area contributed by atoms with E-state index < -0.39 is 0 Å². The number of aromatic amines is 1. The van der Waals surface area contributed by atoms with Gasteiger partial charge in [-0.1, -0.05) is 25.5 Å². The SMILES string of the molecule is CCCC(=O)N(CCCCCC[NH3+])[C@H](C)c1nc2ccccc2c(=O)[nH]1. The van der Waals surface area contributed by atoms with Gasteiger partial charge in [-0.25, -0.2) is 4.98 Å². The first-order valence-electron chi connectivity index (χ1n) is 9.66. The minimum absolute atomic E-state index is 0.118. The lowest BCUT2D eigenvalue weighted by molar-refractivity contribution is -0.368. The number of amides is 1. The van der Waals surface area contributed by atoms with Crippen molar-refractivity contribution in [3.05, 3.63) is 40.4 Å². The summed E-state index contributed by atoms with van der Waals surface area (Å²) >= 11 is 0. The summed E-state index contributed by atoms with van der Waals surface area (Å²) in [5, 5.41) is 0.572. The van der Waals surface area contributed by atoms with Crippen LogP contribution in [0.1, 0.15) is 64.2 Å². The largest absolute Gasteiger partial charge is 0.358 e. The number of hydrogen-bond acceptors (Lipinski definition) is 3. The maximum atomic E-state index is 12.6. The molecular weight excluding hydrogens is 328 g/mol. The van der Waals surface area contributed by atoms with Crippen LogP contribution in [0.25, 0.3) is 10.9 Å². The Bertz CT molecular complexity index is 772. The van der Waals surface area contributed by atoms with Crippen LogP contribution in [-0.4, -0.2) is 33.9 Å². The molecule has 0 spiro atoms. The third-order valence-electron chi connectivity index (χ3n) is 4.68. The summed E-state index contributed by atoms with van der Waals surface area (Å²) in [5.74, 6) is 0.670. The van der Waals surface area contributed by atoms with Gasteiger partial charge in [-0.3, -0.25) is 9.59 Å². The zero-order valence-electron chi connectivity index (χ0n) is 16.0. The summed E-state index contributed by atoms with van der Waals surface area (Å²) in [6.07, 6.45) is 5.63. The predicted molar refractivity (Wildman–Crippen MR) is 104 cm³/mol. The van der Waals surface area contributed by atoms with Crippen molar-refractivity contribution in [3.63, 3.8) is 0 Å². The molecular formula is C20H31N4O2+. The monoisotopic (exact) mass is 359 g/mol. The lowest BCUT2D eigenvalue weighted by Gasteiger charge is -2.29. The highest BCUT2D eigenvalue weighted by molar-refractivity contribution is 5.78. The van der Waals surface area contributed by atoms with Crippen LogP contribution in [0.15, 0.2) is 29.1 Å². The fourth-order valence-electron chi connectivity index (χ4n) is 3.15. The van der Waals surface area contributed by atoms with E-state index in [0.717, 1.165) is 38.6 Å². The van der Waals surface area contributed by atoms with E-state index in [1.807, 2.05) is 36.9 Å². The Hall–Kier alpha value is -2.21. The van der Waals surface area contributed by atoms with Crippen molar-refractivity contribution in [2.45, 2.75) is 58.4 Å². The molecule has 0 fully saturated rings. The number of nitrogens with one attached hydrogen (secondary N) is 1. The summed E-state index contributed by atoms with van der Waals surface area (Å²) in [6.45, 7) is 5.59. The van der Waals surface area contributed by atoms with Gasteiger partial charge in [-0.15, -0.1) is 0 Å². The molecule has 1 heterocycles. The van der Waals surface area contributed by atoms with Crippen molar-refractivity contribution in [3.8, 4) is 0 Å². The van der Waals surface area contributed by atoms with Crippen LogP contribution in [0.5, 0.6) is 0 Å². The molecule has 1 aromatic heterocycles. The summed E-state index contributed by atoms with van der Waals surface area (Å²) < 4.78 is 0. The van der Waals surface area contributed by atoms with E-state index in [2.05, 4.69) is 15.7 Å². The summed E-state index contributed by atoms with van der Waals surface area (Å²) in [6, 6.07) is 7.03. The average Bonchev–Trinajstić information content (AvgIpc) is 2.64. The molecule has 1 aromatic carbocycles. The lowest BCUT2D eigenvalue weighted by Crippen LogP contribution is -2.50. The van der Waals surface area contributed by atoms with Gasteiger partial charge in [0.15, 0.2) is 0 Å². The molecule has 142 valence electrons. The van der Waals surface area contributed by atoms with Gasteiger partial charge in [0.05, 0.1) is 23.5 Å². The molecule has 6 heteroatoms. The molecule has 2 aromatic rings. The van der Waals surface area contributed by atoms with E-state index in [1.165, 1.54) is 0 Å². The highest BCUT2D eigenvalue weighted by Crippen LogP contribution is 2.20. The number of unbranched alkanes of at least 4 members (excludes halogenated alkanes) is 3. The number of carbonyl (C=O) groups excluding carboxylic acids is 1. The third kappa shape index (κ3) is 5.14. The zero-order valence-corrected chi connectivity index (χ0v) is 16.0. The van der Waals surface area contributed by atoms with E-state index in [0.29, 0.717) is 29.7 Å². The van der Waals surface area contributed by atoms with Gasteiger partial charge in [0.2, 0.25) is 5.91 Å². The van der Waals surface area contributed by atoms with Crippen LogP contribution in [-0.2, 0) is 4.79 Å². The minimum Gasteiger partial charge on any atom is -0.358 e. The molecule has 0 saturated carbocycles. The molecule has 0 aliphatic heterocycles. The molecule has 4 N–H and O–H groups in total. The number of H-pyrrole nitrogens is 1. The van der Waals surface area contributed by atoms with E-state index in [4.69, 9.17) is 0 Å². The number of carbonyl (C=O) groups is 1. The lowest BCUT2D eigenvalue weighted by atomic mass is 10.1. The molecule has 0 unspecified atom stereocenters. The minimum atomic E-state index is -0.251. The fourth-order valence-corrected chi connectivity index (χ4v) is 3.15. The van der Waals surface area contributed by atoms with Crippen molar-refractivity contribution in [1.29, 1.82) is 0 Å². The summed E-state index contributed by atoms with van der Waals surface area (Å²) in [7, 11) is 0. The topological polar surface area (TPSA) is 93.7 Å². The normalized spacial score (nSPS) is 12.3. The van der Waals surface area contributed by atoms with Crippen LogP contribution in [0.4, 0.5) is 0 Å². The maximum Gasteiger partial charge on any atom is 0.258 e. The second-order valence-electron chi connectivity index (χ2n) is 6.75. The fraction of sp³-hybridized carbons (Fsp3) is 0.550. The molecule has 1 atom stereocenters. The molecule has 6 nitrogen and oxygen atoms in total. The quantitative estimate of drug-likeness (QED) is 0.638. The van der Waals surface area contributed by atoms with Crippen molar-refractivity contribution in [2.75, 3.05) is 13.1 Å². The molecule has 0 radical (unpaired) electrons. The molecule has 0 saturated heterocycles. The van der Waals surface area contributed by atoms with E-state index in [1.54, 1.807) is 6.07 Å². The van der Waals surface area contributed by atoms with Gasteiger partial charge < -0.3 is 15.6 Å². The molecule has 1 amide bonds. The Labute approximate surface area is 154 Å². The van der Waals surface area contributed by atoms with Crippen LogP contribution in [0.3, 0.4) is 0 Å². The number of aromatic nitrogens is 2. The van der Waals surface area contributed by atoms with Crippen molar-refractivity contribution in [1.82, 2.24) is 14.9 Å². The van der Waals surface area contributed by atoms with Crippen molar-refractivity contribution in [2.24, 2.45) is 0 Å². The van der Waals surface area contributed by atoms with Crippen LogP contribution < -0.4 is 11.3 Å². The molecule has 0 bridgehead atoms. The smallest absolute Gasteiger partial charge is 0.258 e. The van der Waals surface area contributed by atoms with Crippen LogP contribution >= 0.6 is 0 Å². The molecule has 26 heavy (non-hydrogen) atoms. The van der Waals surface area contributed by atoms with E-state index in [-0.39, 0.29) is 17.5 Å². The standard InChI is InChI=1S/C20H30N4O2/c1-3-10-18(25)24(14-9-5-4-8-13-21)15(2)19-22-17-12-7-6-11-16(17)20(26)23-19/h6-7,11-12,15H,3-5,8-10,13-14,21H2,1-2H3,(H,22,23,26)/p+1/t15-/m1/s1. The number of nitrogens with zero attached hydrogens (tertiary/aromatic N) is 2. The first kappa shape index (κ1) is 20.1. The van der Waals surface area contributed by atoms with Crippen molar-refractivity contribution >= 4 is 16.8 Å². The average molecular weight is 359 g/mol. The Morgan fingerprint density at radius 3 is 2.69 bits per heavy atom. The Kier molecular flexibility index (Phi) is 7.78. The van der Waals surface area contributed by atoms with Crippen LogP contribution in [0, 0.1) is 0 Å². The number of hydrogen-bond donors (Lipinski definition) is 2. The van der Waals surface area contributed by atoms with Gasteiger partial charge in [0.25, 0.3) is 5.56 Å². The number of benzene rings is 1. The summed E-state index contributed by atoms with van der Waals surface area (Å²) in [4.78, 5) is 34.3. The van der Waals surface area contributed by atoms with E-state index in [9.17, 15) is 9.59 Å². The highest BCUT2D eigenvalue weighted by atomic mass is 16.2. The number of para-hydroxylation sites is 1. The number of rotatable bonds is 10. The van der Waals surface area contributed by atoms with Crippen molar-refractivity contribution < 1.29 is 10.5 Å². The molecule has 0 aliphatic rings. The first-order chi connectivity index (χ1) is 12.6. The molecule has 0 aliphatic carbocycles. The maximum absolute atomic E-state index is 12.6. The second-order valence-corrected chi connectivity index (χ2v) is 6.75. The van der Waals surface area contributed by atoms with Crippen LogP contribution in [0.2, 0.25) is 0 Å². The number of quaternary nitrogens is 1. The number of fused-ring (bicyclic) bond motifs is 1. The second kappa shape index (κ2) is 10.1. The molecule has 2 rings (SSSR count). The zero-order chi connectivity index (χ0) is 18.9. The van der Waals surface area contributed by atoms with Gasteiger partial charge in [-0.2, -0.15) is 0 Å². The van der Waals surface area contributed by atoms with Gasteiger partial charge in [-0.05, 0) is 44.7 Å². The Morgan fingerprint density at radius 2 is 1.96 bits per heavy atom. The van der Waals surface area contributed by atoms with Gasteiger partial charge in [0, 0.05) is 13.0 Å². The Balaban J connectivity index is 2.20.